The normalized spacial score (nSPS) is 14.2. The van der Waals surface area contributed by atoms with Gasteiger partial charge in [0.25, 0.3) is 0 Å². The molecule has 2 heterocycles. The molecule has 0 spiro atoms. The highest BCUT2D eigenvalue weighted by Gasteiger charge is 2.23. The number of aromatic nitrogens is 2. The van der Waals surface area contributed by atoms with Gasteiger partial charge in [-0.3, -0.25) is 4.90 Å². The lowest BCUT2D eigenvalue weighted by Crippen LogP contribution is -2.33. The molecule has 0 bridgehead atoms. The van der Waals surface area contributed by atoms with Gasteiger partial charge in [0.05, 0.1) is 12.8 Å². The average molecular weight is 355 g/mol. The summed E-state index contributed by atoms with van der Waals surface area (Å²) in [6.45, 7) is 7.01. The van der Waals surface area contributed by atoms with E-state index in [2.05, 4.69) is 41.1 Å². The third-order valence-corrected chi connectivity index (χ3v) is 4.52. The molecular weight excluding hydrogens is 326 g/mol. The Morgan fingerprint density at radius 3 is 2.54 bits per heavy atom. The number of ether oxygens (including phenoxy) is 1. The molecule has 0 fully saturated rings. The van der Waals surface area contributed by atoms with Crippen molar-refractivity contribution in [1.82, 2.24) is 14.9 Å². The van der Waals surface area contributed by atoms with Crippen LogP contribution in [-0.4, -0.2) is 48.7 Å². The van der Waals surface area contributed by atoms with Crippen molar-refractivity contribution >= 4 is 11.8 Å². The third kappa shape index (κ3) is 4.25. The zero-order chi connectivity index (χ0) is 18.7. The zero-order valence-electron chi connectivity index (χ0n) is 16.4. The summed E-state index contributed by atoms with van der Waals surface area (Å²) in [7, 11) is 5.79. The van der Waals surface area contributed by atoms with E-state index in [-0.39, 0.29) is 0 Å². The van der Waals surface area contributed by atoms with Gasteiger partial charge < -0.3 is 15.0 Å². The zero-order valence-corrected chi connectivity index (χ0v) is 16.4. The molecule has 2 aromatic rings. The summed E-state index contributed by atoms with van der Waals surface area (Å²) in [5.74, 6) is 2.63. The summed E-state index contributed by atoms with van der Waals surface area (Å²) in [6.07, 6.45) is 0.946. The molecule has 0 unspecified atom stereocenters. The second-order valence-corrected chi connectivity index (χ2v) is 7.30. The summed E-state index contributed by atoms with van der Waals surface area (Å²) in [4.78, 5) is 14.1. The van der Waals surface area contributed by atoms with Crippen molar-refractivity contribution in [2.24, 2.45) is 0 Å². The Labute approximate surface area is 156 Å². The van der Waals surface area contributed by atoms with E-state index in [1.807, 2.05) is 26.2 Å². The molecule has 1 aromatic heterocycles. The SMILES string of the molecule is COc1ccc(CN2CCc3nc(NC(C)C)nc(N(C)C)c3C2)cc1. The maximum Gasteiger partial charge on any atom is 0.225 e. The second kappa shape index (κ2) is 7.91. The van der Waals surface area contributed by atoms with Crippen LogP contribution in [0.5, 0.6) is 5.75 Å². The molecule has 1 aromatic carbocycles. The number of hydrogen-bond acceptors (Lipinski definition) is 6. The van der Waals surface area contributed by atoms with E-state index in [4.69, 9.17) is 14.7 Å². The minimum atomic E-state index is 0.318. The van der Waals surface area contributed by atoms with Crippen LogP contribution in [0, 0.1) is 0 Å². The van der Waals surface area contributed by atoms with Crippen molar-refractivity contribution in [3.63, 3.8) is 0 Å². The van der Waals surface area contributed by atoms with Gasteiger partial charge in [0, 0.05) is 51.8 Å². The molecule has 1 aliphatic rings. The minimum absolute atomic E-state index is 0.318. The highest BCUT2D eigenvalue weighted by molar-refractivity contribution is 5.52. The van der Waals surface area contributed by atoms with E-state index < -0.39 is 0 Å². The standard InChI is InChI=1S/C20H29N5O/c1-14(2)21-20-22-18-10-11-25(13-17(18)19(23-20)24(3)4)12-15-6-8-16(26-5)9-7-15/h6-9,14H,10-13H2,1-5H3,(H,21,22,23). The number of fused-ring (bicyclic) bond motifs is 1. The number of benzene rings is 1. The van der Waals surface area contributed by atoms with Gasteiger partial charge in [-0.15, -0.1) is 0 Å². The lowest BCUT2D eigenvalue weighted by atomic mass is 10.0. The van der Waals surface area contributed by atoms with Gasteiger partial charge in [-0.05, 0) is 31.5 Å². The van der Waals surface area contributed by atoms with Crippen molar-refractivity contribution in [1.29, 1.82) is 0 Å². The number of hydrogen-bond donors (Lipinski definition) is 1. The van der Waals surface area contributed by atoms with Gasteiger partial charge in [0.1, 0.15) is 11.6 Å². The van der Waals surface area contributed by atoms with Crippen molar-refractivity contribution < 1.29 is 4.74 Å². The number of nitrogens with one attached hydrogen (secondary N) is 1. The Bertz CT molecular complexity index is 743. The topological polar surface area (TPSA) is 53.5 Å². The molecule has 26 heavy (non-hydrogen) atoms. The number of anilines is 2. The fourth-order valence-corrected chi connectivity index (χ4v) is 3.27. The Balaban J connectivity index is 1.80. The molecule has 0 aliphatic carbocycles. The lowest BCUT2D eigenvalue weighted by molar-refractivity contribution is 0.243. The summed E-state index contributed by atoms with van der Waals surface area (Å²) < 4.78 is 5.24. The molecule has 0 atom stereocenters. The molecule has 0 radical (unpaired) electrons. The van der Waals surface area contributed by atoms with Crippen molar-refractivity contribution in [2.75, 3.05) is 38.0 Å². The van der Waals surface area contributed by atoms with Crippen molar-refractivity contribution in [2.45, 2.75) is 39.4 Å². The molecule has 6 nitrogen and oxygen atoms in total. The first-order chi connectivity index (χ1) is 12.5. The second-order valence-electron chi connectivity index (χ2n) is 7.30. The molecule has 1 N–H and O–H groups in total. The van der Waals surface area contributed by atoms with Crippen molar-refractivity contribution in [3.8, 4) is 5.75 Å². The summed E-state index contributed by atoms with van der Waals surface area (Å²) >= 11 is 0. The highest BCUT2D eigenvalue weighted by Crippen LogP contribution is 2.28. The van der Waals surface area contributed by atoms with Crippen LogP contribution in [0.1, 0.15) is 30.7 Å². The van der Waals surface area contributed by atoms with Gasteiger partial charge in [0.15, 0.2) is 0 Å². The number of rotatable bonds is 6. The van der Waals surface area contributed by atoms with Crippen LogP contribution in [0.3, 0.4) is 0 Å². The van der Waals surface area contributed by atoms with Crippen LogP contribution in [-0.2, 0) is 19.5 Å². The van der Waals surface area contributed by atoms with E-state index in [0.717, 1.165) is 49.3 Å². The predicted octanol–water partition coefficient (Wildman–Crippen LogP) is 2.93. The largest absolute Gasteiger partial charge is 0.497 e. The van der Waals surface area contributed by atoms with E-state index in [1.165, 1.54) is 11.1 Å². The fraction of sp³-hybridized carbons (Fsp3) is 0.500. The summed E-state index contributed by atoms with van der Waals surface area (Å²) in [5, 5.41) is 3.34. The van der Waals surface area contributed by atoms with Gasteiger partial charge in [-0.1, -0.05) is 12.1 Å². The van der Waals surface area contributed by atoms with Gasteiger partial charge in [-0.25, -0.2) is 4.98 Å². The Hall–Kier alpha value is -2.34. The minimum Gasteiger partial charge on any atom is -0.497 e. The third-order valence-electron chi connectivity index (χ3n) is 4.52. The molecule has 6 heteroatoms. The molecule has 0 saturated carbocycles. The number of methoxy groups -OCH3 is 1. The van der Waals surface area contributed by atoms with E-state index in [0.29, 0.717) is 6.04 Å². The van der Waals surface area contributed by atoms with Gasteiger partial charge >= 0.3 is 0 Å². The Kier molecular flexibility index (Phi) is 5.61. The monoisotopic (exact) mass is 355 g/mol. The van der Waals surface area contributed by atoms with Crippen molar-refractivity contribution in [3.05, 3.63) is 41.1 Å². The van der Waals surface area contributed by atoms with Gasteiger partial charge in [0.2, 0.25) is 5.95 Å². The van der Waals surface area contributed by atoms with Crippen LogP contribution in [0.2, 0.25) is 0 Å². The van der Waals surface area contributed by atoms with Crippen LogP contribution in [0.25, 0.3) is 0 Å². The molecule has 3 rings (SSSR count). The quantitative estimate of drug-likeness (QED) is 0.860. The average Bonchev–Trinajstić information content (AvgIpc) is 2.61. The predicted molar refractivity (Wildman–Crippen MR) is 106 cm³/mol. The Morgan fingerprint density at radius 2 is 1.92 bits per heavy atom. The maximum absolute atomic E-state index is 5.24. The maximum atomic E-state index is 5.24. The first-order valence-corrected chi connectivity index (χ1v) is 9.15. The summed E-state index contributed by atoms with van der Waals surface area (Å²) in [6, 6.07) is 8.62. The van der Waals surface area contributed by atoms with E-state index in [1.54, 1.807) is 7.11 Å². The fourth-order valence-electron chi connectivity index (χ4n) is 3.27. The van der Waals surface area contributed by atoms with Crippen LogP contribution in [0.4, 0.5) is 11.8 Å². The molecular formula is C20H29N5O. The van der Waals surface area contributed by atoms with Gasteiger partial charge in [-0.2, -0.15) is 4.98 Å². The highest BCUT2D eigenvalue weighted by atomic mass is 16.5. The van der Waals surface area contributed by atoms with E-state index in [9.17, 15) is 0 Å². The van der Waals surface area contributed by atoms with Crippen LogP contribution >= 0.6 is 0 Å². The molecule has 1 aliphatic heterocycles. The van der Waals surface area contributed by atoms with Crippen LogP contribution in [0.15, 0.2) is 24.3 Å². The molecule has 0 saturated heterocycles. The number of nitrogens with zero attached hydrogens (tertiary/aromatic N) is 4. The summed E-state index contributed by atoms with van der Waals surface area (Å²) in [5.41, 5.74) is 3.70. The smallest absolute Gasteiger partial charge is 0.225 e. The van der Waals surface area contributed by atoms with E-state index >= 15 is 0 Å². The molecule has 0 amide bonds. The Morgan fingerprint density at radius 1 is 1.19 bits per heavy atom. The van der Waals surface area contributed by atoms with Crippen LogP contribution < -0.4 is 15.0 Å². The first-order valence-electron chi connectivity index (χ1n) is 9.15. The molecule has 140 valence electrons. The lowest BCUT2D eigenvalue weighted by Gasteiger charge is -2.31. The first kappa shape index (κ1) is 18.5.